The Morgan fingerprint density at radius 2 is 2.00 bits per heavy atom. The number of hydrogen-bond donors (Lipinski definition) is 1. The summed E-state index contributed by atoms with van der Waals surface area (Å²) < 4.78 is 5.62. The predicted molar refractivity (Wildman–Crippen MR) is 62.6 cm³/mol. The summed E-state index contributed by atoms with van der Waals surface area (Å²) in [5.41, 5.74) is 0. The van der Waals surface area contributed by atoms with Crippen molar-refractivity contribution in [3.63, 3.8) is 0 Å². The lowest BCUT2D eigenvalue weighted by atomic mass is 10.2. The number of ether oxygens (including phenoxy) is 1. The molecule has 0 amide bonds. The van der Waals surface area contributed by atoms with Crippen LogP contribution in [0, 0.1) is 5.92 Å². The summed E-state index contributed by atoms with van der Waals surface area (Å²) in [7, 11) is 0. The van der Waals surface area contributed by atoms with Crippen LogP contribution in [0.25, 0.3) is 0 Å². The van der Waals surface area contributed by atoms with Crippen LogP contribution in [-0.4, -0.2) is 25.8 Å². The van der Waals surface area contributed by atoms with E-state index >= 15 is 0 Å². The Hall–Kier alpha value is -0.340. The highest BCUT2D eigenvalue weighted by Crippen LogP contribution is 1.95. The van der Waals surface area contributed by atoms with Crippen molar-refractivity contribution < 1.29 is 4.74 Å². The Balaban J connectivity index is 3.19. The first-order chi connectivity index (χ1) is 6.66. The van der Waals surface area contributed by atoms with Crippen molar-refractivity contribution in [1.29, 1.82) is 0 Å². The highest BCUT2D eigenvalue weighted by Gasteiger charge is 2.01. The highest BCUT2D eigenvalue weighted by molar-refractivity contribution is 4.65. The minimum absolute atomic E-state index is 0.318. The summed E-state index contributed by atoms with van der Waals surface area (Å²) in [6.45, 7) is 13.1. The first-order valence-corrected chi connectivity index (χ1v) is 5.60. The number of unbranched alkanes of at least 4 members (excludes halogenated alkanes) is 1. The maximum absolute atomic E-state index is 5.62. The topological polar surface area (TPSA) is 21.3 Å². The molecule has 0 aliphatic carbocycles. The van der Waals surface area contributed by atoms with Crippen LogP contribution in [0.3, 0.4) is 0 Å². The molecular formula is C12H25NO. The molecule has 0 aromatic heterocycles. The summed E-state index contributed by atoms with van der Waals surface area (Å²) in [5.74, 6) is 0.711. The minimum atomic E-state index is 0.318. The second-order valence-electron chi connectivity index (χ2n) is 4.16. The summed E-state index contributed by atoms with van der Waals surface area (Å²) in [6.07, 6.45) is 4.38. The fraction of sp³-hybridized carbons (Fsp3) is 0.833. The molecule has 0 radical (unpaired) electrons. The van der Waals surface area contributed by atoms with E-state index in [1.54, 1.807) is 0 Å². The van der Waals surface area contributed by atoms with Gasteiger partial charge in [-0.1, -0.05) is 19.9 Å². The van der Waals surface area contributed by atoms with Gasteiger partial charge in [0, 0.05) is 13.2 Å². The van der Waals surface area contributed by atoms with Crippen LogP contribution in [-0.2, 0) is 4.74 Å². The molecule has 0 bridgehead atoms. The Morgan fingerprint density at radius 1 is 1.29 bits per heavy atom. The molecule has 2 heteroatoms. The van der Waals surface area contributed by atoms with E-state index in [4.69, 9.17) is 4.74 Å². The largest absolute Gasteiger partial charge is 0.377 e. The van der Waals surface area contributed by atoms with Crippen LogP contribution < -0.4 is 5.32 Å². The third-order valence-corrected chi connectivity index (χ3v) is 1.94. The minimum Gasteiger partial charge on any atom is -0.377 e. The molecule has 0 spiro atoms. The molecule has 14 heavy (non-hydrogen) atoms. The monoisotopic (exact) mass is 199 g/mol. The van der Waals surface area contributed by atoms with E-state index in [2.05, 4.69) is 32.7 Å². The average Bonchev–Trinajstić information content (AvgIpc) is 2.12. The molecule has 0 aromatic rings. The van der Waals surface area contributed by atoms with Crippen molar-refractivity contribution in [2.45, 2.75) is 39.7 Å². The smallest absolute Gasteiger partial charge is 0.0671 e. The highest BCUT2D eigenvalue weighted by atomic mass is 16.5. The van der Waals surface area contributed by atoms with Crippen molar-refractivity contribution in [1.82, 2.24) is 5.32 Å². The van der Waals surface area contributed by atoms with Gasteiger partial charge in [-0.3, -0.25) is 0 Å². The molecule has 1 N–H and O–H groups in total. The van der Waals surface area contributed by atoms with E-state index in [1.807, 2.05) is 6.08 Å². The molecule has 0 aliphatic rings. The fourth-order valence-corrected chi connectivity index (χ4v) is 1.15. The van der Waals surface area contributed by atoms with Crippen molar-refractivity contribution in [3.05, 3.63) is 12.7 Å². The predicted octanol–water partition coefficient (Wildman–Crippen LogP) is 2.60. The number of hydrogen-bond acceptors (Lipinski definition) is 2. The van der Waals surface area contributed by atoms with Crippen LogP contribution >= 0.6 is 0 Å². The van der Waals surface area contributed by atoms with Gasteiger partial charge in [0.05, 0.1) is 6.10 Å². The van der Waals surface area contributed by atoms with Crippen molar-refractivity contribution in [3.8, 4) is 0 Å². The summed E-state index contributed by atoms with van der Waals surface area (Å²) in [6, 6.07) is 0. The molecule has 84 valence electrons. The van der Waals surface area contributed by atoms with E-state index in [9.17, 15) is 0 Å². The van der Waals surface area contributed by atoms with Crippen molar-refractivity contribution in [2.24, 2.45) is 5.92 Å². The molecule has 0 saturated carbocycles. The van der Waals surface area contributed by atoms with Crippen LogP contribution in [0.15, 0.2) is 12.7 Å². The Morgan fingerprint density at radius 3 is 2.57 bits per heavy atom. The molecule has 0 fully saturated rings. The molecule has 0 saturated heterocycles. The van der Waals surface area contributed by atoms with Gasteiger partial charge in [-0.25, -0.2) is 0 Å². The fourth-order valence-electron chi connectivity index (χ4n) is 1.15. The van der Waals surface area contributed by atoms with Gasteiger partial charge >= 0.3 is 0 Å². The van der Waals surface area contributed by atoms with E-state index in [-0.39, 0.29) is 0 Å². The second kappa shape index (κ2) is 9.22. The number of rotatable bonds is 9. The molecule has 2 nitrogen and oxygen atoms in total. The molecule has 1 unspecified atom stereocenters. The summed E-state index contributed by atoms with van der Waals surface area (Å²) in [4.78, 5) is 0. The molecular weight excluding hydrogens is 174 g/mol. The van der Waals surface area contributed by atoms with Gasteiger partial charge in [0.25, 0.3) is 0 Å². The Labute approximate surface area is 88.7 Å². The molecule has 1 atom stereocenters. The lowest BCUT2D eigenvalue weighted by Crippen LogP contribution is -2.29. The van der Waals surface area contributed by atoms with Gasteiger partial charge in [-0.05, 0) is 32.2 Å². The van der Waals surface area contributed by atoms with Gasteiger partial charge in [0.2, 0.25) is 0 Å². The molecule has 0 rings (SSSR count). The standard InChI is InChI=1S/C12H25NO/c1-5-6-7-8-14-12(4)10-13-9-11(2)3/h5,11-13H,1,6-10H2,2-4H3. The van der Waals surface area contributed by atoms with Crippen LogP contribution in [0.5, 0.6) is 0 Å². The Kier molecular flexibility index (Phi) is 9.00. The van der Waals surface area contributed by atoms with Gasteiger partial charge in [-0.15, -0.1) is 6.58 Å². The third kappa shape index (κ3) is 9.75. The quantitative estimate of drug-likeness (QED) is 0.455. The lowest BCUT2D eigenvalue weighted by Gasteiger charge is -2.14. The molecule has 0 aromatic carbocycles. The molecule has 0 aliphatic heterocycles. The zero-order valence-corrected chi connectivity index (χ0v) is 9.88. The van der Waals surface area contributed by atoms with Crippen molar-refractivity contribution in [2.75, 3.05) is 19.7 Å². The van der Waals surface area contributed by atoms with Gasteiger partial charge < -0.3 is 10.1 Å². The maximum Gasteiger partial charge on any atom is 0.0671 e. The third-order valence-electron chi connectivity index (χ3n) is 1.94. The Bertz CT molecular complexity index is 134. The van der Waals surface area contributed by atoms with Crippen LogP contribution in [0.2, 0.25) is 0 Å². The van der Waals surface area contributed by atoms with E-state index in [1.165, 1.54) is 0 Å². The van der Waals surface area contributed by atoms with Crippen LogP contribution in [0.4, 0.5) is 0 Å². The van der Waals surface area contributed by atoms with E-state index in [0.717, 1.165) is 32.5 Å². The average molecular weight is 199 g/mol. The lowest BCUT2D eigenvalue weighted by molar-refractivity contribution is 0.0643. The zero-order chi connectivity index (χ0) is 10.8. The zero-order valence-electron chi connectivity index (χ0n) is 9.88. The molecule has 0 heterocycles. The van der Waals surface area contributed by atoms with Crippen LogP contribution in [0.1, 0.15) is 33.6 Å². The van der Waals surface area contributed by atoms with Gasteiger partial charge in [0.15, 0.2) is 0 Å². The van der Waals surface area contributed by atoms with Gasteiger partial charge in [-0.2, -0.15) is 0 Å². The van der Waals surface area contributed by atoms with Crippen molar-refractivity contribution >= 4 is 0 Å². The first-order valence-electron chi connectivity index (χ1n) is 5.60. The van der Waals surface area contributed by atoms with E-state index in [0.29, 0.717) is 12.0 Å². The normalized spacial score (nSPS) is 13.1. The number of nitrogens with one attached hydrogen (secondary N) is 1. The second-order valence-corrected chi connectivity index (χ2v) is 4.16. The first kappa shape index (κ1) is 13.7. The maximum atomic E-state index is 5.62. The summed E-state index contributed by atoms with van der Waals surface area (Å²) in [5, 5.41) is 3.38. The van der Waals surface area contributed by atoms with Gasteiger partial charge in [0.1, 0.15) is 0 Å². The summed E-state index contributed by atoms with van der Waals surface area (Å²) >= 11 is 0. The number of allylic oxidation sites excluding steroid dienone is 1. The SMILES string of the molecule is C=CCCCOC(C)CNCC(C)C. The van der Waals surface area contributed by atoms with E-state index < -0.39 is 0 Å².